The molecule has 3 unspecified atom stereocenters. The Morgan fingerprint density at radius 3 is 2.50 bits per heavy atom. The third-order valence-corrected chi connectivity index (χ3v) is 4.68. The normalized spacial score (nSPS) is 22.0. The van der Waals surface area contributed by atoms with Crippen molar-refractivity contribution in [3.63, 3.8) is 0 Å². The summed E-state index contributed by atoms with van der Waals surface area (Å²) in [5, 5.41) is 9.86. The maximum Gasteiger partial charge on any atom is 0.251 e. The molecule has 0 saturated carbocycles. The van der Waals surface area contributed by atoms with Gasteiger partial charge in [0.25, 0.3) is 5.91 Å². The number of hydrogen-bond donors (Lipinski definition) is 3. The maximum absolute atomic E-state index is 12.6. The van der Waals surface area contributed by atoms with Crippen LogP contribution in [0.15, 0.2) is 24.3 Å². The van der Waals surface area contributed by atoms with Crippen molar-refractivity contribution in [3.05, 3.63) is 34.9 Å². The molecule has 1 saturated heterocycles. The lowest BCUT2D eigenvalue weighted by atomic mass is 9.97. The summed E-state index contributed by atoms with van der Waals surface area (Å²) < 4.78 is 0. The smallest absolute Gasteiger partial charge is 0.251 e. The molecule has 132 valence electrons. The minimum Gasteiger partial charge on any atom is -0.350 e. The van der Waals surface area contributed by atoms with Crippen molar-refractivity contribution < 1.29 is 9.59 Å². The van der Waals surface area contributed by atoms with E-state index in [2.05, 4.69) is 22.9 Å². The van der Waals surface area contributed by atoms with Gasteiger partial charge in [-0.15, -0.1) is 0 Å². The molecule has 2 amide bonds. The third kappa shape index (κ3) is 4.95. The van der Waals surface area contributed by atoms with Crippen LogP contribution >= 0.6 is 11.6 Å². The van der Waals surface area contributed by atoms with Crippen molar-refractivity contribution >= 4 is 23.4 Å². The lowest BCUT2D eigenvalue weighted by Gasteiger charge is -2.32. The number of nitrogens with one attached hydrogen (secondary N) is 3. The van der Waals surface area contributed by atoms with Crippen LogP contribution in [-0.4, -0.2) is 36.5 Å². The van der Waals surface area contributed by atoms with Gasteiger partial charge in [-0.1, -0.05) is 25.4 Å². The van der Waals surface area contributed by atoms with Gasteiger partial charge < -0.3 is 16.0 Å². The van der Waals surface area contributed by atoms with Crippen LogP contribution in [0.3, 0.4) is 0 Å². The van der Waals surface area contributed by atoms with Gasteiger partial charge in [0.2, 0.25) is 5.91 Å². The number of hydrogen-bond acceptors (Lipinski definition) is 3. The summed E-state index contributed by atoms with van der Waals surface area (Å²) >= 11 is 5.84. The average molecular weight is 352 g/mol. The lowest BCUT2D eigenvalue weighted by molar-refractivity contribution is -0.125. The van der Waals surface area contributed by atoms with E-state index in [9.17, 15) is 9.59 Å². The predicted octanol–water partition coefficient (Wildman–Crippen LogP) is 2.35. The van der Waals surface area contributed by atoms with Gasteiger partial charge >= 0.3 is 0 Å². The fourth-order valence-electron chi connectivity index (χ4n) is 2.87. The van der Waals surface area contributed by atoms with Gasteiger partial charge in [-0.2, -0.15) is 0 Å². The van der Waals surface area contributed by atoms with E-state index < -0.39 is 6.04 Å². The summed E-state index contributed by atoms with van der Waals surface area (Å²) in [5.41, 5.74) is 0.491. The average Bonchev–Trinajstić information content (AvgIpc) is 2.54. The number of rotatable bonds is 5. The number of amides is 2. The van der Waals surface area contributed by atoms with Crippen molar-refractivity contribution in [1.82, 2.24) is 16.0 Å². The van der Waals surface area contributed by atoms with E-state index in [0.29, 0.717) is 10.6 Å². The SMILES string of the molecule is CC(C)C(NC(=O)c1ccc(Cl)cc1)C(=O)NC1CCCNC1C. The van der Waals surface area contributed by atoms with E-state index in [-0.39, 0.29) is 29.8 Å². The van der Waals surface area contributed by atoms with E-state index in [1.807, 2.05) is 13.8 Å². The Labute approximate surface area is 148 Å². The monoisotopic (exact) mass is 351 g/mol. The van der Waals surface area contributed by atoms with Gasteiger partial charge in [-0.3, -0.25) is 9.59 Å². The third-order valence-electron chi connectivity index (χ3n) is 4.43. The Morgan fingerprint density at radius 2 is 1.92 bits per heavy atom. The van der Waals surface area contributed by atoms with Crippen LogP contribution < -0.4 is 16.0 Å². The first-order valence-corrected chi connectivity index (χ1v) is 8.86. The zero-order chi connectivity index (χ0) is 17.7. The Morgan fingerprint density at radius 1 is 1.25 bits per heavy atom. The molecule has 1 aromatic carbocycles. The molecule has 5 nitrogen and oxygen atoms in total. The number of piperidine rings is 1. The second-order valence-corrected chi connectivity index (χ2v) is 7.14. The quantitative estimate of drug-likeness (QED) is 0.762. The van der Waals surface area contributed by atoms with Crippen molar-refractivity contribution in [3.8, 4) is 0 Å². The zero-order valence-corrected chi connectivity index (χ0v) is 15.2. The minimum atomic E-state index is -0.567. The molecular formula is C18H26ClN3O2. The van der Waals surface area contributed by atoms with Crippen LogP contribution in [0, 0.1) is 5.92 Å². The van der Waals surface area contributed by atoms with Crippen molar-refractivity contribution in [1.29, 1.82) is 0 Å². The molecule has 0 aliphatic carbocycles. The number of carbonyl (C=O) groups excluding carboxylic acids is 2. The van der Waals surface area contributed by atoms with Crippen LogP contribution in [0.5, 0.6) is 0 Å². The van der Waals surface area contributed by atoms with Gasteiger partial charge in [0.1, 0.15) is 6.04 Å². The van der Waals surface area contributed by atoms with E-state index in [0.717, 1.165) is 19.4 Å². The Kier molecular flexibility index (Phi) is 6.63. The summed E-state index contributed by atoms with van der Waals surface area (Å²) in [4.78, 5) is 25.0. The first-order chi connectivity index (χ1) is 11.4. The topological polar surface area (TPSA) is 70.2 Å². The Bertz CT molecular complexity index is 574. The van der Waals surface area contributed by atoms with Crippen LogP contribution in [0.25, 0.3) is 0 Å². The van der Waals surface area contributed by atoms with E-state index in [1.54, 1.807) is 24.3 Å². The zero-order valence-electron chi connectivity index (χ0n) is 14.4. The second-order valence-electron chi connectivity index (χ2n) is 6.70. The number of carbonyl (C=O) groups is 2. The highest BCUT2D eigenvalue weighted by Crippen LogP contribution is 2.12. The summed E-state index contributed by atoms with van der Waals surface area (Å²) in [7, 11) is 0. The first-order valence-electron chi connectivity index (χ1n) is 8.48. The molecular weight excluding hydrogens is 326 g/mol. The molecule has 1 aromatic rings. The summed E-state index contributed by atoms with van der Waals surface area (Å²) in [6.45, 7) is 6.90. The highest BCUT2D eigenvalue weighted by atomic mass is 35.5. The van der Waals surface area contributed by atoms with Crippen LogP contribution in [0.4, 0.5) is 0 Å². The molecule has 0 spiro atoms. The van der Waals surface area contributed by atoms with Crippen LogP contribution in [0.2, 0.25) is 5.02 Å². The molecule has 0 radical (unpaired) electrons. The van der Waals surface area contributed by atoms with Crippen LogP contribution in [0.1, 0.15) is 44.0 Å². The van der Waals surface area contributed by atoms with E-state index in [4.69, 9.17) is 11.6 Å². The van der Waals surface area contributed by atoms with Gasteiger partial charge in [0.05, 0.1) is 0 Å². The van der Waals surface area contributed by atoms with Crippen LogP contribution in [-0.2, 0) is 4.79 Å². The standard InChI is InChI=1S/C18H26ClN3O2/c1-11(2)16(18(24)21-15-5-4-10-20-12(15)3)22-17(23)13-6-8-14(19)9-7-13/h6-9,11-12,15-16,20H,4-5,10H2,1-3H3,(H,21,24)(H,22,23). The molecule has 1 aliphatic heterocycles. The van der Waals surface area contributed by atoms with E-state index >= 15 is 0 Å². The van der Waals surface area contributed by atoms with Gasteiger partial charge in [-0.25, -0.2) is 0 Å². The number of benzene rings is 1. The molecule has 6 heteroatoms. The lowest BCUT2D eigenvalue weighted by Crippen LogP contribution is -2.57. The fourth-order valence-corrected chi connectivity index (χ4v) is 3.00. The highest BCUT2D eigenvalue weighted by Gasteiger charge is 2.29. The number of halogens is 1. The molecule has 0 bridgehead atoms. The molecule has 1 fully saturated rings. The second kappa shape index (κ2) is 8.49. The summed E-state index contributed by atoms with van der Waals surface area (Å²) in [6, 6.07) is 6.40. The summed E-state index contributed by atoms with van der Waals surface area (Å²) in [5.74, 6) is -0.406. The first kappa shape index (κ1) is 18.7. The molecule has 1 aliphatic rings. The minimum absolute atomic E-state index is 0.00638. The molecule has 0 aromatic heterocycles. The van der Waals surface area contributed by atoms with Crippen molar-refractivity contribution in [2.24, 2.45) is 5.92 Å². The van der Waals surface area contributed by atoms with Crippen molar-refractivity contribution in [2.45, 2.75) is 51.7 Å². The largest absolute Gasteiger partial charge is 0.350 e. The molecule has 24 heavy (non-hydrogen) atoms. The molecule has 3 atom stereocenters. The van der Waals surface area contributed by atoms with Crippen molar-refractivity contribution in [2.75, 3.05) is 6.54 Å². The molecule has 2 rings (SSSR count). The molecule has 1 heterocycles. The predicted molar refractivity (Wildman–Crippen MR) is 96.2 cm³/mol. The highest BCUT2D eigenvalue weighted by molar-refractivity contribution is 6.30. The van der Waals surface area contributed by atoms with E-state index in [1.165, 1.54) is 0 Å². The fraction of sp³-hybridized carbons (Fsp3) is 0.556. The maximum atomic E-state index is 12.6. The Hall–Kier alpha value is -1.59. The van der Waals surface area contributed by atoms with Gasteiger partial charge in [-0.05, 0) is 56.5 Å². The molecule has 3 N–H and O–H groups in total. The Balaban J connectivity index is 2.01. The van der Waals surface area contributed by atoms with Gasteiger partial charge in [0.15, 0.2) is 0 Å². The summed E-state index contributed by atoms with van der Waals surface area (Å²) in [6.07, 6.45) is 1.99. The van der Waals surface area contributed by atoms with Gasteiger partial charge in [0, 0.05) is 22.7 Å².